The highest BCUT2D eigenvalue weighted by Gasteiger charge is 2.38. The van der Waals surface area contributed by atoms with Crippen molar-refractivity contribution in [3.8, 4) is 0 Å². The number of halogens is 4. The zero-order valence-corrected chi connectivity index (χ0v) is 19.3. The minimum absolute atomic E-state index is 0.0147. The molecule has 35 heavy (non-hydrogen) atoms. The number of hydrogen-bond acceptors (Lipinski definition) is 5. The largest absolute Gasteiger partial charge is 0.418 e. The van der Waals surface area contributed by atoms with Gasteiger partial charge in [0.2, 0.25) is 12.3 Å². The first-order valence-electron chi connectivity index (χ1n) is 11.9. The maximum Gasteiger partial charge on any atom is 0.418 e. The van der Waals surface area contributed by atoms with E-state index < -0.39 is 23.3 Å². The summed E-state index contributed by atoms with van der Waals surface area (Å²) in [5, 5.41) is 7.96. The van der Waals surface area contributed by atoms with Crippen molar-refractivity contribution in [3.63, 3.8) is 0 Å². The van der Waals surface area contributed by atoms with E-state index in [9.17, 15) is 22.8 Å². The smallest absolute Gasteiger partial charge is 0.358 e. The molecule has 0 unspecified atom stereocenters. The number of rotatable bonds is 8. The average molecular weight is 499 g/mol. The molecule has 2 saturated heterocycles. The van der Waals surface area contributed by atoms with Crippen LogP contribution in [0.2, 0.25) is 0 Å². The van der Waals surface area contributed by atoms with E-state index >= 15 is 4.39 Å². The lowest BCUT2D eigenvalue weighted by molar-refractivity contribution is -0.136. The lowest BCUT2D eigenvalue weighted by Crippen LogP contribution is -2.48. The van der Waals surface area contributed by atoms with Crippen LogP contribution >= 0.6 is 0 Å². The van der Waals surface area contributed by atoms with Crippen LogP contribution in [0.15, 0.2) is 18.5 Å². The fourth-order valence-corrected chi connectivity index (χ4v) is 4.96. The predicted octanol–water partition coefficient (Wildman–Crippen LogP) is 2.86. The molecule has 3 N–H and O–H groups in total. The Kier molecular flexibility index (Phi) is 7.60. The van der Waals surface area contributed by atoms with Crippen molar-refractivity contribution in [3.05, 3.63) is 24.0 Å². The molecule has 0 atom stereocenters. The van der Waals surface area contributed by atoms with E-state index in [-0.39, 0.29) is 35.7 Å². The standard InChI is InChI=1S/C23H30F4N6O2/c24-22(4-7-28-8-5-22)14-32-9-2-17(3-10-32)33-13-19(23(25,26)27)18-11-16(12-30-21(18)33)31-20(35)1-6-29-15-34/h11-13,15,17,28H,1-10,14H2,(H,29,34)(H,31,35). The molecule has 4 rings (SSSR count). The van der Waals surface area contributed by atoms with Crippen molar-refractivity contribution < 1.29 is 27.2 Å². The molecule has 2 aliphatic rings. The van der Waals surface area contributed by atoms with Crippen LogP contribution in [0.5, 0.6) is 0 Å². The highest BCUT2D eigenvalue weighted by atomic mass is 19.4. The van der Waals surface area contributed by atoms with Gasteiger partial charge in [-0.3, -0.25) is 9.59 Å². The maximum absolute atomic E-state index is 15.1. The molecule has 0 radical (unpaired) electrons. The molecule has 0 bridgehead atoms. The highest BCUT2D eigenvalue weighted by molar-refractivity contribution is 5.93. The van der Waals surface area contributed by atoms with E-state index in [1.165, 1.54) is 12.3 Å². The van der Waals surface area contributed by atoms with E-state index in [4.69, 9.17) is 0 Å². The Morgan fingerprint density at radius 1 is 1.26 bits per heavy atom. The Labute approximate surface area is 200 Å². The summed E-state index contributed by atoms with van der Waals surface area (Å²) >= 11 is 0. The van der Waals surface area contributed by atoms with Crippen LogP contribution in [0, 0.1) is 0 Å². The van der Waals surface area contributed by atoms with Crippen molar-refractivity contribution in [2.24, 2.45) is 0 Å². The third-order valence-electron chi connectivity index (χ3n) is 6.80. The Balaban J connectivity index is 1.49. The van der Waals surface area contributed by atoms with Crippen LogP contribution in [0.25, 0.3) is 11.0 Å². The van der Waals surface area contributed by atoms with E-state index in [0.717, 1.165) is 6.20 Å². The monoisotopic (exact) mass is 498 g/mol. The number of amides is 2. The molecule has 2 aliphatic heterocycles. The minimum atomic E-state index is -4.59. The molecule has 12 heteroatoms. The molecule has 8 nitrogen and oxygen atoms in total. The summed E-state index contributed by atoms with van der Waals surface area (Å²) in [7, 11) is 0. The molecule has 0 aromatic carbocycles. The van der Waals surface area contributed by atoms with Crippen molar-refractivity contribution in [2.45, 2.75) is 50.0 Å². The summed E-state index contributed by atoms with van der Waals surface area (Å²) in [6.45, 7) is 3.00. The third-order valence-corrected chi connectivity index (χ3v) is 6.80. The van der Waals surface area contributed by atoms with Gasteiger partial charge >= 0.3 is 6.18 Å². The summed E-state index contributed by atoms with van der Waals surface area (Å²) in [5.41, 5.74) is -1.66. The minimum Gasteiger partial charge on any atom is -0.358 e. The van der Waals surface area contributed by atoms with Crippen molar-refractivity contribution >= 4 is 29.0 Å². The molecule has 0 spiro atoms. The van der Waals surface area contributed by atoms with Gasteiger partial charge in [0.1, 0.15) is 11.3 Å². The van der Waals surface area contributed by atoms with E-state index in [0.29, 0.717) is 64.8 Å². The molecular weight excluding hydrogens is 468 g/mol. The zero-order chi connectivity index (χ0) is 25.1. The molecule has 4 heterocycles. The number of anilines is 1. The molecule has 0 aliphatic carbocycles. The number of likely N-dealkylation sites (tertiary alicyclic amines) is 1. The molecule has 2 amide bonds. The maximum atomic E-state index is 15.1. The fourth-order valence-electron chi connectivity index (χ4n) is 4.96. The number of aromatic nitrogens is 2. The fraction of sp³-hybridized carbons (Fsp3) is 0.609. The highest BCUT2D eigenvalue weighted by Crippen LogP contribution is 2.39. The number of nitrogens with one attached hydrogen (secondary N) is 3. The van der Waals surface area contributed by atoms with Gasteiger partial charge in [-0.25, -0.2) is 9.37 Å². The van der Waals surface area contributed by atoms with Crippen LogP contribution in [0.3, 0.4) is 0 Å². The van der Waals surface area contributed by atoms with Crippen LogP contribution in [-0.2, 0) is 15.8 Å². The number of hydrogen-bond donors (Lipinski definition) is 3. The Morgan fingerprint density at radius 3 is 2.63 bits per heavy atom. The van der Waals surface area contributed by atoms with Gasteiger partial charge < -0.3 is 25.4 Å². The van der Waals surface area contributed by atoms with Gasteiger partial charge in [0.15, 0.2) is 0 Å². The van der Waals surface area contributed by atoms with E-state index in [2.05, 4.69) is 25.8 Å². The number of pyridine rings is 1. The molecular formula is C23H30F4N6O2. The van der Waals surface area contributed by atoms with Gasteiger partial charge in [-0.2, -0.15) is 13.2 Å². The SMILES string of the molecule is O=CNCCC(=O)Nc1cnc2c(c1)c(C(F)(F)F)cn2C1CCN(CC2(F)CCNCC2)CC1. The van der Waals surface area contributed by atoms with Gasteiger partial charge in [-0.1, -0.05) is 0 Å². The van der Waals surface area contributed by atoms with Crippen LogP contribution in [0.4, 0.5) is 23.2 Å². The van der Waals surface area contributed by atoms with Gasteiger partial charge in [0.05, 0.1) is 17.4 Å². The van der Waals surface area contributed by atoms with Crippen molar-refractivity contribution in [2.75, 3.05) is 44.6 Å². The summed E-state index contributed by atoms with van der Waals surface area (Å²) in [4.78, 5) is 28.6. The second-order valence-corrected chi connectivity index (χ2v) is 9.32. The Bertz CT molecular complexity index is 1040. The Hall–Kier alpha value is -2.73. The predicted molar refractivity (Wildman–Crippen MR) is 123 cm³/mol. The van der Waals surface area contributed by atoms with Crippen LogP contribution < -0.4 is 16.0 Å². The number of piperidine rings is 2. The number of fused-ring (bicyclic) bond motifs is 1. The van der Waals surface area contributed by atoms with Crippen LogP contribution in [-0.4, -0.2) is 71.7 Å². The molecule has 2 aromatic heterocycles. The molecule has 2 fully saturated rings. The first-order valence-corrected chi connectivity index (χ1v) is 11.9. The van der Waals surface area contributed by atoms with Crippen LogP contribution in [0.1, 0.15) is 43.7 Å². The van der Waals surface area contributed by atoms with Gasteiger partial charge in [-0.15, -0.1) is 0 Å². The summed E-state index contributed by atoms with van der Waals surface area (Å²) in [5.74, 6) is -0.444. The number of carbonyl (C=O) groups is 2. The third kappa shape index (κ3) is 6.10. The number of carbonyl (C=O) groups excluding carboxylic acids is 2. The zero-order valence-electron chi connectivity index (χ0n) is 19.3. The first-order chi connectivity index (χ1) is 16.7. The normalized spacial score (nSPS) is 19.5. The van der Waals surface area contributed by atoms with Gasteiger partial charge in [0, 0.05) is 50.2 Å². The average Bonchev–Trinajstić information content (AvgIpc) is 3.19. The topological polar surface area (TPSA) is 91.3 Å². The Morgan fingerprint density at radius 2 is 1.97 bits per heavy atom. The quantitative estimate of drug-likeness (QED) is 0.296. The van der Waals surface area contributed by atoms with Crippen molar-refractivity contribution in [1.82, 2.24) is 25.1 Å². The second kappa shape index (κ2) is 10.5. The van der Waals surface area contributed by atoms with Crippen molar-refractivity contribution in [1.29, 1.82) is 0 Å². The van der Waals surface area contributed by atoms with E-state index in [1.54, 1.807) is 4.57 Å². The molecule has 192 valence electrons. The molecule has 2 aromatic rings. The van der Waals surface area contributed by atoms with E-state index in [1.807, 2.05) is 0 Å². The summed E-state index contributed by atoms with van der Waals surface area (Å²) in [6, 6.07) is 1.10. The summed E-state index contributed by atoms with van der Waals surface area (Å²) in [6.07, 6.45) is 0.438. The van der Waals surface area contributed by atoms with Gasteiger partial charge in [-0.05, 0) is 44.8 Å². The first kappa shape index (κ1) is 25.4. The number of alkyl halides is 4. The lowest BCUT2D eigenvalue weighted by Gasteiger charge is -2.39. The molecule has 0 saturated carbocycles. The lowest BCUT2D eigenvalue weighted by atomic mass is 9.92. The second-order valence-electron chi connectivity index (χ2n) is 9.32. The summed E-state index contributed by atoms with van der Waals surface area (Å²) < 4.78 is 58.2. The van der Waals surface area contributed by atoms with Gasteiger partial charge in [0.25, 0.3) is 0 Å². The number of nitrogens with zero attached hydrogens (tertiary/aromatic N) is 3.